The van der Waals surface area contributed by atoms with Gasteiger partial charge in [-0.3, -0.25) is 0 Å². The third kappa shape index (κ3) is 3.56. The van der Waals surface area contributed by atoms with Crippen LogP contribution in [-0.2, 0) is 16.1 Å². The number of carboxylic acids is 1. The van der Waals surface area contributed by atoms with Crippen molar-refractivity contribution in [2.45, 2.75) is 12.7 Å². The third-order valence-electron chi connectivity index (χ3n) is 1.56. The van der Waals surface area contributed by atoms with Crippen molar-refractivity contribution in [3.05, 3.63) is 34.3 Å². The second-order valence-corrected chi connectivity index (χ2v) is 3.66. The lowest BCUT2D eigenvalue weighted by Crippen LogP contribution is -2.31. The van der Waals surface area contributed by atoms with Crippen LogP contribution in [0.15, 0.2) is 28.7 Å². The molecule has 0 spiro atoms. The molecule has 0 aliphatic rings. The fourth-order valence-electron chi connectivity index (χ4n) is 0.862. The molecule has 6 heteroatoms. The highest BCUT2D eigenvalue weighted by molar-refractivity contribution is 9.10. The summed E-state index contributed by atoms with van der Waals surface area (Å²) in [6, 6.07) is 6.49. The van der Waals surface area contributed by atoms with Crippen LogP contribution in [0.25, 0.3) is 0 Å². The molecule has 0 amide bonds. The lowest BCUT2D eigenvalue weighted by Gasteiger charge is -2.11. The number of ether oxygens (including phenoxy) is 1. The molecule has 0 radical (unpaired) electrons. The minimum atomic E-state index is -4.15. The van der Waals surface area contributed by atoms with Crippen LogP contribution in [0.5, 0.6) is 0 Å². The minimum absolute atomic E-state index is 0.460. The van der Waals surface area contributed by atoms with Gasteiger partial charge in [-0.2, -0.15) is 8.78 Å². The summed E-state index contributed by atoms with van der Waals surface area (Å²) in [6.45, 7) is -0.460. The molecule has 1 aromatic carbocycles. The van der Waals surface area contributed by atoms with E-state index in [4.69, 9.17) is 5.11 Å². The largest absolute Gasteiger partial charge is 0.475 e. The molecule has 1 aromatic rings. The van der Waals surface area contributed by atoms with E-state index in [-0.39, 0.29) is 0 Å². The van der Waals surface area contributed by atoms with Crippen molar-refractivity contribution >= 4 is 21.9 Å². The Morgan fingerprint density at radius 3 is 2.73 bits per heavy atom. The van der Waals surface area contributed by atoms with Gasteiger partial charge >= 0.3 is 12.1 Å². The normalized spacial score (nSPS) is 11.4. The first-order valence-corrected chi connectivity index (χ1v) is 4.71. The van der Waals surface area contributed by atoms with Gasteiger partial charge in [0.05, 0.1) is 6.61 Å². The van der Waals surface area contributed by atoms with Crippen molar-refractivity contribution in [2.75, 3.05) is 0 Å². The first-order valence-electron chi connectivity index (χ1n) is 3.91. The Labute approximate surface area is 92.8 Å². The maximum absolute atomic E-state index is 12.5. The van der Waals surface area contributed by atoms with Gasteiger partial charge in [0, 0.05) is 4.47 Å². The van der Waals surface area contributed by atoms with Gasteiger partial charge in [0.25, 0.3) is 0 Å². The van der Waals surface area contributed by atoms with Crippen LogP contribution in [0.2, 0.25) is 0 Å². The van der Waals surface area contributed by atoms with Crippen molar-refractivity contribution in [1.29, 1.82) is 0 Å². The number of carbonyl (C=O) groups is 1. The quantitative estimate of drug-likeness (QED) is 0.922. The van der Waals surface area contributed by atoms with E-state index in [2.05, 4.69) is 20.7 Å². The highest BCUT2D eigenvalue weighted by atomic mass is 79.9. The summed E-state index contributed by atoms with van der Waals surface area (Å²) in [5.41, 5.74) is 0.463. The fourth-order valence-corrected chi connectivity index (χ4v) is 1.31. The summed E-state index contributed by atoms with van der Waals surface area (Å²) in [7, 11) is 0. The molecular weight excluding hydrogens is 274 g/mol. The number of carboxylic acid groups (broad SMARTS) is 1. The van der Waals surface area contributed by atoms with Crippen molar-refractivity contribution in [3.8, 4) is 0 Å². The van der Waals surface area contributed by atoms with Crippen molar-refractivity contribution in [3.63, 3.8) is 0 Å². The number of alkyl halides is 2. The average Bonchev–Trinajstić information content (AvgIpc) is 2.15. The molecule has 82 valence electrons. The summed E-state index contributed by atoms with van der Waals surface area (Å²) < 4.78 is 29.7. The van der Waals surface area contributed by atoms with Crippen LogP contribution >= 0.6 is 15.9 Å². The maximum Gasteiger partial charge on any atom is 0.456 e. The Kier molecular flexibility index (Phi) is 3.76. The molecule has 15 heavy (non-hydrogen) atoms. The molecule has 0 aliphatic heterocycles. The number of rotatable bonds is 4. The van der Waals surface area contributed by atoms with Gasteiger partial charge < -0.3 is 9.84 Å². The zero-order valence-electron chi connectivity index (χ0n) is 7.41. The summed E-state index contributed by atoms with van der Waals surface area (Å²) in [4.78, 5) is 10.0. The molecule has 0 fully saturated rings. The number of hydrogen-bond acceptors (Lipinski definition) is 2. The zero-order valence-corrected chi connectivity index (χ0v) is 9.00. The molecular formula is C9H7BrF2O3. The first-order chi connectivity index (χ1) is 6.92. The van der Waals surface area contributed by atoms with E-state index in [1.54, 1.807) is 24.3 Å². The Balaban J connectivity index is 2.61. The van der Waals surface area contributed by atoms with E-state index in [0.717, 1.165) is 0 Å². The Bertz CT molecular complexity index is 368. The molecule has 3 nitrogen and oxygen atoms in total. The Morgan fingerprint density at radius 1 is 1.53 bits per heavy atom. The number of halogens is 3. The standard InChI is InChI=1S/C9H7BrF2O3/c10-7-3-1-2-6(4-7)5-15-9(11,12)8(13)14/h1-4H,5H2,(H,13,14). The van der Waals surface area contributed by atoms with Gasteiger partial charge in [-0.25, -0.2) is 4.79 Å². The monoisotopic (exact) mass is 280 g/mol. The second kappa shape index (κ2) is 4.67. The summed E-state index contributed by atoms with van der Waals surface area (Å²) in [5, 5.41) is 8.09. The molecule has 0 bridgehead atoms. The Hall–Kier alpha value is -1.01. The lowest BCUT2D eigenvalue weighted by molar-refractivity contribution is -0.250. The molecule has 0 saturated carbocycles. The highest BCUT2D eigenvalue weighted by Gasteiger charge is 2.40. The molecule has 1 rings (SSSR count). The SMILES string of the molecule is O=C(O)C(F)(F)OCc1cccc(Br)c1. The van der Waals surface area contributed by atoms with Crippen LogP contribution in [0.1, 0.15) is 5.56 Å². The van der Waals surface area contributed by atoms with Crippen LogP contribution in [-0.4, -0.2) is 17.2 Å². The predicted molar refractivity (Wildman–Crippen MR) is 51.5 cm³/mol. The van der Waals surface area contributed by atoms with E-state index in [1.807, 2.05) is 0 Å². The Morgan fingerprint density at radius 2 is 2.20 bits per heavy atom. The number of aliphatic carboxylic acids is 1. The van der Waals surface area contributed by atoms with Gasteiger partial charge in [-0.05, 0) is 17.7 Å². The summed E-state index contributed by atoms with van der Waals surface area (Å²) in [5.74, 6) is -2.29. The average molecular weight is 281 g/mol. The zero-order chi connectivity index (χ0) is 11.5. The van der Waals surface area contributed by atoms with Crippen LogP contribution < -0.4 is 0 Å². The van der Waals surface area contributed by atoms with Crippen LogP contribution in [0.3, 0.4) is 0 Å². The second-order valence-electron chi connectivity index (χ2n) is 2.74. The van der Waals surface area contributed by atoms with Gasteiger partial charge in [0.2, 0.25) is 0 Å². The van der Waals surface area contributed by atoms with Gasteiger partial charge in [-0.1, -0.05) is 28.1 Å². The number of hydrogen-bond donors (Lipinski definition) is 1. The van der Waals surface area contributed by atoms with E-state index < -0.39 is 18.7 Å². The van der Waals surface area contributed by atoms with E-state index in [9.17, 15) is 13.6 Å². The van der Waals surface area contributed by atoms with Crippen LogP contribution in [0.4, 0.5) is 8.78 Å². The topological polar surface area (TPSA) is 46.5 Å². The molecule has 1 N–H and O–H groups in total. The van der Waals surface area contributed by atoms with Crippen molar-refractivity contribution in [1.82, 2.24) is 0 Å². The molecule has 0 saturated heterocycles. The summed E-state index contributed by atoms with van der Waals surface area (Å²) >= 11 is 3.15. The van der Waals surface area contributed by atoms with Crippen molar-refractivity contribution in [2.24, 2.45) is 0 Å². The third-order valence-corrected chi connectivity index (χ3v) is 2.05. The van der Waals surface area contributed by atoms with Crippen molar-refractivity contribution < 1.29 is 23.4 Å². The van der Waals surface area contributed by atoms with E-state index in [1.165, 1.54) is 0 Å². The fraction of sp³-hybridized carbons (Fsp3) is 0.222. The summed E-state index contributed by atoms with van der Waals surface area (Å²) in [6.07, 6.45) is -4.15. The van der Waals surface area contributed by atoms with Crippen LogP contribution in [0, 0.1) is 0 Å². The lowest BCUT2D eigenvalue weighted by atomic mass is 10.2. The minimum Gasteiger partial charge on any atom is -0.475 e. The molecule has 0 unspecified atom stereocenters. The van der Waals surface area contributed by atoms with E-state index >= 15 is 0 Å². The predicted octanol–water partition coefficient (Wildman–Crippen LogP) is 2.64. The van der Waals surface area contributed by atoms with Gasteiger partial charge in [0.1, 0.15) is 0 Å². The molecule has 0 aromatic heterocycles. The molecule has 0 atom stereocenters. The molecule has 0 heterocycles. The molecule has 0 aliphatic carbocycles. The maximum atomic E-state index is 12.5. The first kappa shape index (κ1) is 12.1. The van der Waals surface area contributed by atoms with Gasteiger partial charge in [0.15, 0.2) is 0 Å². The smallest absolute Gasteiger partial charge is 0.456 e. The number of benzene rings is 1. The van der Waals surface area contributed by atoms with Gasteiger partial charge in [-0.15, -0.1) is 0 Å². The van der Waals surface area contributed by atoms with E-state index in [0.29, 0.717) is 10.0 Å². The highest BCUT2D eigenvalue weighted by Crippen LogP contribution is 2.19.